The largest absolute Gasteiger partial charge is 0.451 e. The van der Waals surface area contributed by atoms with E-state index in [1.54, 1.807) is 17.1 Å². The van der Waals surface area contributed by atoms with Crippen LogP contribution in [-0.4, -0.2) is 44.6 Å². The minimum Gasteiger partial charge on any atom is -0.451 e. The lowest BCUT2D eigenvalue weighted by Gasteiger charge is -2.31. The van der Waals surface area contributed by atoms with Crippen molar-refractivity contribution in [2.75, 3.05) is 18.4 Å². The Morgan fingerprint density at radius 3 is 2.81 bits per heavy atom. The van der Waals surface area contributed by atoms with E-state index in [-0.39, 0.29) is 11.8 Å². The van der Waals surface area contributed by atoms with Crippen molar-refractivity contribution in [3.05, 3.63) is 65.1 Å². The van der Waals surface area contributed by atoms with Gasteiger partial charge in [0.15, 0.2) is 10.9 Å². The quantitative estimate of drug-likeness (QED) is 0.498. The fourth-order valence-corrected chi connectivity index (χ4v) is 4.71. The zero-order valence-corrected chi connectivity index (χ0v) is 18.5. The van der Waals surface area contributed by atoms with Crippen LogP contribution < -0.4 is 5.32 Å². The van der Waals surface area contributed by atoms with Gasteiger partial charge in [-0.05, 0) is 37.3 Å². The Morgan fingerprint density at radius 2 is 2.06 bits per heavy atom. The van der Waals surface area contributed by atoms with Crippen LogP contribution in [0.1, 0.15) is 39.4 Å². The number of carbonyl (C=O) groups is 2. The van der Waals surface area contributed by atoms with Crippen LogP contribution in [-0.2, 0) is 13.5 Å². The first-order chi connectivity index (χ1) is 15.6. The van der Waals surface area contributed by atoms with Crippen molar-refractivity contribution in [1.82, 2.24) is 19.7 Å². The molecule has 1 aliphatic rings. The van der Waals surface area contributed by atoms with Crippen LogP contribution in [0.2, 0.25) is 0 Å². The van der Waals surface area contributed by atoms with Gasteiger partial charge in [0.1, 0.15) is 5.58 Å². The summed E-state index contributed by atoms with van der Waals surface area (Å²) in [5.74, 6) is 0.480. The van der Waals surface area contributed by atoms with Gasteiger partial charge in [-0.1, -0.05) is 18.2 Å². The third kappa shape index (κ3) is 4.16. The zero-order chi connectivity index (χ0) is 22.1. The smallest absolute Gasteiger partial charge is 0.289 e. The van der Waals surface area contributed by atoms with E-state index < -0.39 is 0 Å². The summed E-state index contributed by atoms with van der Waals surface area (Å²) in [5, 5.41) is 10.7. The molecule has 5 rings (SSSR count). The van der Waals surface area contributed by atoms with Crippen molar-refractivity contribution in [2.24, 2.45) is 13.0 Å². The average molecular weight is 450 g/mol. The molecule has 1 aromatic carbocycles. The van der Waals surface area contributed by atoms with Crippen molar-refractivity contribution in [3.8, 4) is 0 Å². The van der Waals surface area contributed by atoms with Crippen molar-refractivity contribution >= 4 is 39.3 Å². The van der Waals surface area contributed by atoms with Gasteiger partial charge in [0.2, 0.25) is 0 Å². The molecule has 0 spiro atoms. The highest BCUT2D eigenvalue weighted by Gasteiger charge is 2.27. The van der Waals surface area contributed by atoms with E-state index in [9.17, 15) is 9.59 Å². The van der Waals surface area contributed by atoms with Gasteiger partial charge in [-0.15, -0.1) is 11.3 Å². The number of piperidine rings is 1. The maximum absolute atomic E-state index is 12.9. The fraction of sp³-hybridized carbons (Fsp3) is 0.304. The van der Waals surface area contributed by atoms with Gasteiger partial charge in [-0.25, -0.2) is 4.98 Å². The van der Waals surface area contributed by atoms with Crippen LogP contribution in [0.3, 0.4) is 0 Å². The Labute approximate surface area is 188 Å². The summed E-state index contributed by atoms with van der Waals surface area (Å²) >= 11 is 1.38. The van der Waals surface area contributed by atoms with Gasteiger partial charge < -0.3 is 9.32 Å². The molecule has 3 aromatic heterocycles. The van der Waals surface area contributed by atoms with Crippen molar-refractivity contribution < 1.29 is 14.0 Å². The lowest BCUT2D eigenvalue weighted by molar-refractivity contribution is 0.0660. The maximum atomic E-state index is 12.9. The molecular weight excluding hydrogens is 426 g/mol. The molecule has 1 aliphatic heterocycles. The Hall–Kier alpha value is -3.46. The predicted octanol–water partition coefficient (Wildman–Crippen LogP) is 3.97. The molecule has 2 amide bonds. The van der Waals surface area contributed by atoms with Crippen LogP contribution >= 0.6 is 11.3 Å². The molecule has 0 unspecified atom stereocenters. The molecule has 4 aromatic rings. The van der Waals surface area contributed by atoms with E-state index in [1.165, 1.54) is 11.3 Å². The Bertz CT molecular complexity index is 1220. The van der Waals surface area contributed by atoms with Gasteiger partial charge in [-0.2, -0.15) is 5.10 Å². The number of aromatic nitrogens is 3. The van der Waals surface area contributed by atoms with E-state index in [2.05, 4.69) is 15.4 Å². The normalized spacial score (nSPS) is 14.7. The monoisotopic (exact) mass is 449 g/mol. The predicted molar refractivity (Wildman–Crippen MR) is 122 cm³/mol. The highest BCUT2D eigenvalue weighted by Crippen LogP contribution is 2.26. The number of amides is 2. The molecule has 1 N–H and O–H groups in total. The second-order valence-corrected chi connectivity index (χ2v) is 8.94. The number of benzene rings is 1. The summed E-state index contributed by atoms with van der Waals surface area (Å²) in [5.41, 5.74) is 2.08. The van der Waals surface area contributed by atoms with E-state index in [0.29, 0.717) is 41.9 Å². The molecule has 0 aliphatic carbocycles. The number of anilines is 1. The molecule has 9 heteroatoms. The minimum absolute atomic E-state index is 0.0685. The molecule has 1 saturated heterocycles. The number of thiazole rings is 1. The molecule has 0 atom stereocenters. The number of rotatable bonds is 5. The number of furan rings is 1. The molecule has 8 nitrogen and oxygen atoms in total. The Kier molecular flexibility index (Phi) is 5.48. The maximum Gasteiger partial charge on any atom is 0.289 e. The number of fused-ring (bicyclic) bond motifs is 1. The van der Waals surface area contributed by atoms with Crippen molar-refractivity contribution in [1.29, 1.82) is 0 Å². The summed E-state index contributed by atoms with van der Waals surface area (Å²) in [6.07, 6.45) is 5.82. The van der Waals surface area contributed by atoms with Gasteiger partial charge in [-0.3, -0.25) is 19.6 Å². The summed E-state index contributed by atoms with van der Waals surface area (Å²) in [6, 6.07) is 9.45. The van der Waals surface area contributed by atoms with E-state index in [0.717, 1.165) is 29.5 Å². The molecule has 0 saturated carbocycles. The molecule has 164 valence electrons. The topological polar surface area (TPSA) is 93.3 Å². The first-order valence-electron chi connectivity index (χ1n) is 10.6. The molecule has 0 radical (unpaired) electrons. The van der Waals surface area contributed by atoms with Gasteiger partial charge in [0, 0.05) is 43.3 Å². The van der Waals surface area contributed by atoms with Crippen LogP contribution in [0.15, 0.2) is 52.5 Å². The first-order valence-corrected chi connectivity index (χ1v) is 11.5. The third-order valence-electron chi connectivity index (χ3n) is 5.82. The number of para-hydroxylation sites is 1. The Morgan fingerprint density at radius 1 is 1.25 bits per heavy atom. The molecule has 0 bridgehead atoms. The number of nitrogens with zero attached hydrogens (tertiary/aromatic N) is 4. The highest BCUT2D eigenvalue weighted by atomic mass is 32.1. The first kappa shape index (κ1) is 20.4. The van der Waals surface area contributed by atoms with Gasteiger partial charge in [0.05, 0.1) is 11.3 Å². The molecule has 32 heavy (non-hydrogen) atoms. The van der Waals surface area contributed by atoms with Crippen LogP contribution in [0.25, 0.3) is 11.0 Å². The molecule has 4 heterocycles. The lowest BCUT2D eigenvalue weighted by atomic mass is 9.91. The number of aryl methyl sites for hydroxylation is 1. The number of likely N-dealkylation sites (tertiary alicyclic amines) is 1. The second kappa shape index (κ2) is 8.58. The standard InChI is InChI=1S/C23H23N5O3S/c1-27-14-17(21(29)25-23-24-8-11-32-23)18(26-27)12-15-6-9-28(10-7-15)22(30)20-13-16-4-2-3-5-19(16)31-20/h2-5,8,11,13-15H,6-7,9-10,12H2,1H3,(H,24,25,29). The summed E-state index contributed by atoms with van der Waals surface area (Å²) in [4.78, 5) is 31.6. The van der Waals surface area contributed by atoms with Gasteiger partial charge >= 0.3 is 0 Å². The average Bonchev–Trinajstić information content (AvgIpc) is 3.53. The summed E-state index contributed by atoms with van der Waals surface area (Å²) < 4.78 is 7.41. The van der Waals surface area contributed by atoms with Crippen LogP contribution in [0.5, 0.6) is 0 Å². The fourth-order valence-electron chi connectivity index (χ4n) is 4.18. The molecular formula is C23H23N5O3S. The van der Waals surface area contributed by atoms with Gasteiger partial charge in [0.25, 0.3) is 11.8 Å². The van der Waals surface area contributed by atoms with Crippen molar-refractivity contribution in [3.63, 3.8) is 0 Å². The third-order valence-corrected chi connectivity index (χ3v) is 6.51. The van der Waals surface area contributed by atoms with Crippen LogP contribution in [0, 0.1) is 5.92 Å². The van der Waals surface area contributed by atoms with Crippen LogP contribution in [0.4, 0.5) is 5.13 Å². The highest BCUT2D eigenvalue weighted by molar-refractivity contribution is 7.13. The summed E-state index contributed by atoms with van der Waals surface area (Å²) in [7, 11) is 1.82. The Balaban J connectivity index is 1.21. The lowest BCUT2D eigenvalue weighted by Crippen LogP contribution is -2.38. The van der Waals surface area contributed by atoms with E-state index in [1.807, 2.05) is 47.7 Å². The molecule has 1 fully saturated rings. The number of carbonyl (C=O) groups excluding carboxylic acids is 2. The second-order valence-electron chi connectivity index (χ2n) is 8.04. The SMILES string of the molecule is Cn1cc(C(=O)Nc2nccs2)c(CC2CCN(C(=O)c3cc4ccccc4o3)CC2)n1. The summed E-state index contributed by atoms with van der Waals surface area (Å²) in [6.45, 7) is 1.32. The number of hydrogen-bond donors (Lipinski definition) is 1. The van der Waals surface area contributed by atoms with E-state index in [4.69, 9.17) is 4.42 Å². The number of nitrogens with one attached hydrogen (secondary N) is 1. The minimum atomic E-state index is -0.194. The van der Waals surface area contributed by atoms with E-state index >= 15 is 0 Å². The van der Waals surface area contributed by atoms with Crippen molar-refractivity contribution in [2.45, 2.75) is 19.3 Å². The zero-order valence-electron chi connectivity index (χ0n) is 17.7. The number of hydrogen-bond acceptors (Lipinski definition) is 6.